The average Bonchev–Trinajstić information content (AvgIpc) is 2.55. The quantitative estimate of drug-likeness (QED) is 0.637. The normalized spacial score (nSPS) is 11.9. The summed E-state index contributed by atoms with van der Waals surface area (Å²) in [5, 5.41) is 5.33. The Balaban J connectivity index is 2.51. The number of hydrogen-bond donors (Lipinski definition) is 3. The number of nitrogens with two attached hydrogens (primary N) is 1. The van der Waals surface area contributed by atoms with Crippen LogP contribution in [0.5, 0.6) is 5.75 Å². The second-order valence-electron chi connectivity index (χ2n) is 6.22. The van der Waals surface area contributed by atoms with Gasteiger partial charge in [-0.25, -0.2) is 0 Å². The molecule has 6 heteroatoms. The zero-order valence-electron chi connectivity index (χ0n) is 15.0. The van der Waals surface area contributed by atoms with E-state index < -0.39 is 6.04 Å². The van der Waals surface area contributed by atoms with Gasteiger partial charge < -0.3 is 21.1 Å². The van der Waals surface area contributed by atoms with E-state index in [0.717, 1.165) is 23.3 Å². The SMILES string of the molecule is CCCOc1cc(C)ccc1CNC(=O)CNC(=O)[C@@H](N)C(C)C. The summed E-state index contributed by atoms with van der Waals surface area (Å²) in [5.41, 5.74) is 7.74. The lowest BCUT2D eigenvalue weighted by Crippen LogP contribution is -2.47. The molecule has 0 radical (unpaired) electrons. The third-order valence-corrected chi connectivity index (χ3v) is 3.60. The number of rotatable bonds is 9. The molecule has 0 aromatic heterocycles. The van der Waals surface area contributed by atoms with Gasteiger partial charge in [-0.2, -0.15) is 0 Å². The second kappa shape index (κ2) is 9.93. The standard InChI is InChI=1S/C18H29N3O3/c1-5-8-24-15-9-13(4)6-7-14(15)10-20-16(22)11-21-18(23)17(19)12(2)3/h6-7,9,12,17H,5,8,10-11,19H2,1-4H3,(H,20,22)(H,21,23)/t17-/m0/s1. The molecular weight excluding hydrogens is 306 g/mol. The van der Waals surface area contributed by atoms with Crippen LogP contribution in [0.1, 0.15) is 38.3 Å². The van der Waals surface area contributed by atoms with Crippen LogP contribution in [-0.2, 0) is 16.1 Å². The second-order valence-corrected chi connectivity index (χ2v) is 6.22. The third kappa shape index (κ3) is 6.58. The van der Waals surface area contributed by atoms with Crippen molar-refractivity contribution >= 4 is 11.8 Å². The number of nitrogens with one attached hydrogen (secondary N) is 2. The number of carbonyl (C=O) groups excluding carboxylic acids is 2. The maximum atomic E-state index is 11.9. The molecule has 6 nitrogen and oxygen atoms in total. The lowest BCUT2D eigenvalue weighted by molar-refractivity contribution is -0.127. The average molecular weight is 335 g/mol. The highest BCUT2D eigenvalue weighted by molar-refractivity contribution is 5.87. The molecule has 134 valence electrons. The Labute approximate surface area is 144 Å². The highest BCUT2D eigenvalue weighted by Gasteiger charge is 2.17. The van der Waals surface area contributed by atoms with Crippen LogP contribution in [0.3, 0.4) is 0 Å². The van der Waals surface area contributed by atoms with Gasteiger partial charge in [0.2, 0.25) is 11.8 Å². The van der Waals surface area contributed by atoms with E-state index in [-0.39, 0.29) is 24.3 Å². The van der Waals surface area contributed by atoms with Crippen molar-refractivity contribution < 1.29 is 14.3 Å². The molecule has 1 atom stereocenters. The molecule has 1 rings (SSSR count). The summed E-state index contributed by atoms with van der Waals surface area (Å²) in [7, 11) is 0. The first-order valence-electron chi connectivity index (χ1n) is 8.37. The van der Waals surface area contributed by atoms with Gasteiger partial charge >= 0.3 is 0 Å². The number of hydrogen-bond acceptors (Lipinski definition) is 4. The van der Waals surface area contributed by atoms with Gasteiger partial charge in [0.15, 0.2) is 0 Å². The number of amides is 2. The summed E-state index contributed by atoms with van der Waals surface area (Å²) in [4.78, 5) is 23.6. The highest BCUT2D eigenvalue weighted by atomic mass is 16.5. The Morgan fingerprint density at radius 2 is 1.96 bits per heavy atom. The molecule has 0 saturated carbocycles. The summed E-state index contributed by atoms with van der Waals surface area (Å²) in [6.07, 6.45) is 0.919. The first kappa shape index (κ1) is 20.0. The molecule has 0 aliphatic heterocycles. The number of aryl methyl sites for hydroxylation is 1. The molecule has 0 bridgehead atoms. The Morgan fingerprint density at radius 3 is 2.58 bits per heavy atom. The molecule has 2 amide bonds. The molecule has 0 fully saturated rings. The summed E-state index contributed by atoms with van der Waals surface area (Å²) in [5.74, 6) is 0.227. The van der Waals surface area contributed by atoms with Crippen molar-refractivity contribution in [1.29, 1.82) is 0 Å². The Kier molecular flexibility index (Phi) is 8.26. The summed E-state index contributed by atoms with van der Waals surface area (Å²) >= 11 is 0. The van der Waals surface area contributed by atoms with Gasteiger partial charge in [-0.05, 0) is 30.9 Å². The largest absolute Gasteiger partial charge is 0.493 e. The van der Waals surface area contributed by atoms with Crippen molar-refractivity contribution in [1.82, 2.24) is 10.6 Å². The van der Waals surface area contributed by atoms with Crippen molar-refractivity contribution in [2.45, 2.75) is 46.7 Å². The van der Waals surface area contributed by atoms with Crippen molar-refractivity contribution in [2.75, 3.05) is 13.2 Å². The van der Waals surface area contributed by atoms with Crippen LogP contribution in [0, 0.1) is 12.8 Å². The number of ether oxygens (including phenoxy) is 1. The first-order valence-corrected chi connectivity index (χ1v) is 8.37. The van der Waals surface area contributed by atoms with E-state index in [0.29, 0.717) is 13.2 Å². The van der Waals surface area contributed by atoms with E-state index in [1.807, 2.05) is 45.9 Å². The molecule has 0 aliphatic carbocycles. The van der Waals surface area contributed by atoms with Gasteiger partial charge in [-0.15, -0.1) is 0 Å². The molecule has 24 heavy (non-hydrogen) atoms. The molecule has 1 aromatic rings. The van der Waals surface area contributed by atoms with Crippen molar-refractivity contribution in [3.05, 3.63) is 29.3 Å². The van der Waals surface area contributed by atoms with E-state index in [2.05, 4.69) is 10.6 Å². The van der Waals surface area contributed by atoms with Crippen LogP contribution >= 0.6 is 0 Å². The van der Waals surface area contributed by atoms with E-state index in [9.17, 15) is 9.59 Å². The molecule has 4 N–H and O–H groups in total. The van der Waals surface area contributed by atoms with Crippen LogP contribution in [0.4, 0.5) is 0 Å². The predicted octanol–water partition coefficient (Wildman–Crippen LogP) is 1.50. The zero-order chi connectivity index (χ0) is 18.1. The fourth-order valence-electron chi connectivity index (χ4n) is 2.00. The fraction of sp³-hybridized carbons (Fsp3) is 0.556. The minimum atomic E-state index is -0.607. The highest BCUT2D eigenvalue weighted by Crippen LogP contribution is 2.20. The molecule has 0 unspecified atom stereocenters. The summed E-state index contributed by atoms with van der Waals surface area (Å²) in [6.45, 7) is 8.66. The van der Waals surface area contributed by atoms with E-state index in [1.54, 1.807) is 0 Å². The van der Waals surface area contributed by atoms with Crippen molar-refractivity contribution in [3.8, 4) is 5.75 Å². The molecule has 1 aromatic carbocycles. The van der Waals surface area contributed by atoms with Gasteiger partial charge in [0.25, 0.3) is 0 Å². The Morgan fingerprint density at radius 1 is 1.25 bits per heavy atom. The van der Waals surface area contributed by atoms with Gasteiger partial charge in [-0.1, -0.05) is 32.9 Å². The lowest BCUT2D eigenvalue weighted by atomic mass is 10.1. The monoisotopic (exact) mass is 335 g/mol. The Hall–Kier alpha value is -2.08. The van der Waals surface area contributed by atoms with Gasteiger partial charge in [0.05, 0.1) is 19.2 Å². The van der Waals surface area contributed by atoms with Crippen molar-refractivity contribution in [2.24, 2.45) is 11.7 Å². The fourth-order valence-corrected chi connectivity index (χ4v) is 2.00. The zero-order valence-corrected chi connectivity index (χ0v) is 15.0. The molecule has 0 saturated heterocycles. The summed E-state index contributed by atoms with van der Waals surface area (Å²) in [6, 6.07) is 5.27. The third-order valence-electron chi connectivity index (χ3n) is 3.60. The van der Waals surface area contributed by atoms with Crippen molar-refractivity contribution in [3.63, 3.8) is 0 Å². The van der Waals surface area contributed by atoms with Crippen LogP contribution in [-0.4, -0.2) is 31.0 Å². The van der Waals surface area contributed by atoms with Gasteiger partial charge in [0, 0.05) is 12.1 Å². The minimum Gasteiger partial charge on any atom is -0.493 e. The van der Waals surface area contributed by atoms with E-state index >= 15 is 0 Å². The van der Waals surface area contributed by atoms with E-state index in [4.69, 9.17) is 10.5 Å². The van der Waals surface area contributed by atoms with Crippen LogP contribution < -0.4 is 21.1 Å². The summed E-state index contributed by atoms with van der Waals surface area (Å²) < 4.78 is 5.72. The van der Waals surface area contributed by atoms with E-state index in [1.165, 1.54) is 0 Å². The van der Waals surface area contributed by atoms with Gasteiger partial charge in [-0.3, -0.25) is 9.59 Å². The predicted molar refractivity (Wildman–Crippen MR) is 94.6 cm³/mol. The number of benzene rings is 1. The van der Waals surface area contributed by atoms with Crippen LogP contribution in [0.2, 0.25) is 0 Å². The minimum absolute atomic E-state index is 0.0268. The Bertz CT molecular complexity index is 558. The lowest BCUT2D eigenvalue weighted by Gasteiger charge is -2.15. The molecular formula is C18H29N3O3. The molecule has 0 aliphatic rings. The molecule has 0 spiro atoms. The van der Waals surface area contributed by atoms with Crippen LogP contribution in [0.15, 0.2) is 18.2 Å². The number of carbonyl (C=O) groups is 2. The maximum absolute atomic E-state index is 11.9. The van der Waals surface area contributed by atoms with Crippen LogP contribution in [0.25, 0.3) is 0 Å². The first-order chi connectivity index (χ1) is 11.3. The topological polar surface area (TPSA) is 93.5 Å². The smallest absolute Gasteiger partial charge is 0.239 e. The molecule has 0 heterocycles. The maximum Gasteiger partial charge on any atom is 0.239 e. The van der Waals surface area contributed by atoms with Gasteiger partial charge in [0.1, 0.15) is 5.75 Å².